The highest BCUT2D eigenvalue weighted by Gasteiger charge is 2.21. The van der Waals surface area contributed by atoms with Crippen molar-refractivity contribution in [2.24, 2.45) is 5.92 Å². The number of nitrogens with zero attached hydrogens (tertiary/aromatic N) is 1. The maximum absolute atomic E-state index is 12.6. The first-order valence-corrected chi connectivity index (χ1v) is 7.81. The zero-order valence-corrected chi connectivity index (χ0v) is 14.0. The predicted octanol–water partition coefficient (Wildman–Crippen LogP) is 3.03. The van der Waals surface area contributed by atoms with E-state index in [-0.39, 0.29) is 11.8 Å². The zero-order chi connectivity index (χ0) is 17.0. The topological polar surface area (TPSA) is 71.1 Å². The number of carbonyl (C=O) groups is 2. The molecule has 5 heteroatoms. The average molecular weight is 313 g/mol. The number of aromatic nitrogens is 1. The van der Waals surface area contributed by atoms with Crippen molar-refractivity contribution in [3.63, 3.8) is 0 Å². The number of benzene rings is 1. The van der Waals surface area contributed by atoms with Gasteiger partial charge in [-0.05, 0) is 31.4 Å². The van der Waals surface area contributed by atoms with Gasteiger partial charge >= 0.3 is 0 Å². The van der Waals surface area contributed by atoms with E-state index < -0.39 is 6.04 Å². The van der Waals surface area contributed by atoms with Crippen LogP contribution in [0.2, 0.25) is 0 Å². The van der Waals surface area contributed by atoms with E-state index in [2.05, 4.69) is 15.6 Å². The number of amides is 2. The monoisotopic (exact) mass is 313 g/mol. The fraction of sp³-hybridized carbons (Fsp3) is 0.389. The molecule has 122 valence electrons. The summed E-state index contributed by atoms with van der Waals surface area (Å²) >= 11 is 0. The standard InChI is InChI=1S/C18H23N3O2/c1-11(2)9-17(20-13(4)22)18(23)21-16-10-12(3)19-15-8-6-5-7-14(15)16/h5-8,10-11,17H,9H2,1-4H3,(H,20,22)(H,19,21,23)/t17-/m0/s1. The summed E-state index contributed by atoms with van der Waals surface area (Å²) in [4.78, 5) is 28.4. The van der Waals surface area contributed by atoms with E-state index in [9.17, 15) is 9.59 Å². The molecule has 0 spiro atoms. The van der Waals surface area contributed by atoms with Crippen molar-refractivity contribution in [1.82, 2.24) is 10.3 Å². The SMILES string of the molecule is CC(=O)N[C@@H](CC(C)C)C(=O)Nc1cc(C)nc2ccccc12. The Hall–Kier alpha value is -2.43. The molecule has 1 aromatic carbocycles. The van der Waals surface area contributed by atoms with Gasteiger partial charge in [0.25, 0.3) is 0 Å². The van der Waals surface area contributed by atoms with Crippen molar-refractivity contribution in [2.45, 2.75) is 40.2 Å². The summed E-state index contributed by atoms with van der Waals surface area (Å²) in [5.41, 5.74) is 2.39. The van der Waals surface area contributed by atoms with Crippen molar-refractivity contribution in [1.29, 1.82) is 0 Å². The molecule has 0 bridgehead atoms. The minimum absolute atomic E-state index is 0.204. The summed E-state index contributed by atoms with van der Waals surface area (Å²) in [5.74, 6) is -0.111. The van der Waals surface area contributed by atoms with Crippen LogP contribution in [0.1, 0.15) is 32.9 Å². The van der Waals surface area contributed by atoms with Gasteiger partial charge < -0.3 is 10.6 Å². The second kappa shape index (κ2) is 7.22. The molecular weight excluding hydrogens is 290 g/mol. The van der Waals surface area contributed by atoms with Gasteiger partial charge in [-0.15, -0.1) is 0 Å². The molecule has 0 saturated carbocycles. The van der Waals surface area contributed by atoms with Gasteiger partial charge in [0.1, 0.15) is 6.04 Å². The van der Waals surface area contributed by atoms with Crippen LogP contribution in [0.4, 0.5) is 5.69 Å². The lowest BCUT2D eigenvalue weighted by atomic mass is 10.0. The highest BCUT2D eigenvalue weighted by Crippen LogP contribution is 2.23. The summed E-state index contributed by atoms with van der Waals surface area (Å²) in [6, 6.07) is 8.97. The van der Waals surface area contributed by atoms with Crippen molar-refractivity contribution in [2.75, 3.05) is 5.32 Å². The quantitative estimate of drug-likeness (QED) is 0.891. The van der Waals surface area contributed by atoms with Gasteiger partial charge in [-0.25, -0.2) is 0 Å². The molecule has 2 rings (SSSR count). The van der Waals surface area contributed by atoms with E-state index in [4.69, 9.17) is 0 Å². The van der Waals surface area contributed by atoms with E-state index >= 15 is 0 Å². The molecule has 2 N–H and O–H groups in total. The van der Waals surface area contributed by atoms with E-state index in [1.807, 2.05) is 51.1 Å². The number of hydrogen-bond donors (Lipinski definition) is 2. The maximum Gasteiger partial charge on any atom is 0.246 e. The van der Waals surface area contributed by atoms with Gasteiger partial charge in [-0.3, -0.25) is 14.6 Å². The van der Waals surface area contributed by atoms with E-state index in [0.29, 0.717) is 12.3 Å². The van der Waals surface area contributed by atoms with Gasteiger partial charge in [0.2, 0.25) is 11.8 Å². The second-order valence-corrected chi connectivity index (χ2v) is 6.20. The van der Waals surface area contributed by atoms with Crippen LogP contribution in [0, 0.1) is 12.8 Å². The molecular formula is C18H23N3O2. The largest absolute Gasteiger partial charge is 0.345 e. The fourth-order valence-electron chi connectivity index (χ4n) is 2.58. The predicted molar refractivity (Wildman–Crippen MR) is 92.2 cm³/mol. The molecule has 1 heterocycles. The number of pyridine rings is 1. The first-order valence-electron chi connectivity index (χ1n) is 7.81. The molecule has 0 aliphatic carbocycles. The Balaban J connectivity index is 2.29. The molecule has 1 aromatic heterocycles. The van der Waals surface area contributed by atoms with Crippen molar-refractivity contribution in [3.05, 3.63) is 36.0 Å². The smallest absolute Gasteiger partial charge is 0.246 e. The lowest BCUT2D eigenvalue weighted by Crippen LogP contribution is -2.43. The molecule has 2 amide bonds. The summed E-state index contributed by atoms with van der Waals surface area (Å²) < 4.78 is 0. The van der Waals surface area contributed by atoms with Crippen LogP contribution in [0.25, 0.3) is 10.9 Å². The number of nitrogens with one attached hydrogen (secondary N) is 2. The van der Waals surface area contributed by atoms with E-state index in [1.165, 1.54) is 6.92 Å². The number of hydrogen-bond acceptors (Lipinski definition) is 3. The Morgan fingerprint density at radius 2 is 1.91 bits per heavy atom. The molecule has 0 saturated heterocycles. The Labute approximate surface area is 136 Å². The summed E-state index contributed by atoms with van der Waals surface area (Å²) in [5, 5.41) is 6.56. The molecule has 2 aromatic rings. The van der Waals surface area contributed by atoms with Crippen LogP contribution >= 0.6 is 0 Å². The van der Waals surface area contributed by atoms with E-state index in [1.54, 1.807) is 0 Å². The Morgan fingerprint density at radius 1 is 1.22 bits per heavy atom. The number of fused-ring (bicyclic) bond motifs is 1. The third kappa shape index (κ3) is 4.52. The van der Waals surface area contributed by atoms with Crippen LogP contribution < -0.4 is 10.6 Å². The summed E-state index contributed by atoms with van der Waals surface area (Å²) in [6.45, 7) is 7.36. The molecule has 0 aliphatic rings. The highest BCUT2D eigenvalue weighted by molar-refractivity contribution is 6.03. The van der Waals surface area contributed by atoms with Crippen molar-refractivity contribution >= 4 is 28.4 Å². The van der Waals surface area contributed by atoms with Crippen molar-refractivity contribution < 1.29 is 9.59 Å². The minimum atomic E-state index is -0.542. The first-order chi connectivity index (χ1) is 10.9. The average Bonchev–Trinajstić information content (AvgIpc) is 2.45. The Bertz CT molecular complexity index is 725. The number of para-hydroxylation sites is 1. The molecule has 0 radical (unpaired) electrons. The normalized spacial score (nSPS) is 12.2. The van der Waals surface area contributed by atoms with Crippen LogP contribution in [0.5, 0.6) is 0 Å². The summed E-state index contributed by atoms with van der Waals surface area (Å²) in [7, 11) is 0. The van der Waals surface area contributed by atoms with Crippen LogP contribution in [-0.2, 0) is 9.59 Å². The molecule has 0 unspecified atom stereocenters. The van der Waals surface area contributed by atoms with Crippen LogP contribution in [0.15, 0.2) is 30.3 Å². The number of carbonyl (C=O) groups excluding carboxylic acids is 2. The summed E-state index contributed by atoms with van der Waals surface area (Å²) in [6.07, 6.45) is 0.591. The Morgan fingerprint density at radius 3 is 2.57 bits per heavy atom. The van der Waals surface area contributed by atoms with Gasteiger partial charge in [-0.1, -0.05) is 32.0 Å². The second-order valence-electron chi connectivity index (χ2n) is 6.20. The third-order valence-electron chi connectivity index (χ3n) is 3.50. The van der Waals surface area contributed by atoms with E-state index in [0.717, 1.165) is 22.3 Å². The zero-order valence-electron chi connectivity index (χ0n) is 14.0. The molecule has 5 nitrogen and oxygen atoms in total. The number of rotatable bonds is 5. The number of aryl methyl sites for hydroxylation is 1. The molecule has 0 fully saturated rings. The fourth-order valence-corrected chi connectivity index (χ4v) is 2.58. The van der Waals surface area contributed by atoms with Gasteiger partial charge in [-0.2, -0.15) is 0 Å². The van der Waals surface area contributed by atoms with Gasteiger partial charge in [0.15, 0.2) is 0 Å². The molecule has 23 heavy (non-hydrogen) atoms. The van der Waals surface area contributed by atoms with Crippen LogP contribution in [-0.4, -0.2) is 22.8 Å². The maximum atomic E-state index is 12.6. The van der Waals surface area contributed by atoms with Gasteiger partial charge in [0, 0.05) is 18.0 Å². The molecule has 1 atom stereocenters. The third-order valence-corrected chi connectivity index (χ3v) is 3.50. The van der Waals surface area contributed by atoms with Crippen LogP contribution in [0.3, 0.4) is 0 Å². The lowest BCUT2D eigenvalue weighted by Gasteiger charge is -2.20. The lowest BCUT2D eigenvalue weighted by molar-refractivity contribution is -0.125. The number of anilines is 1. The Kier molecular flexibility index (Phi) is 5.32. The van der Waals surface area contributed by atoms with Crippen molar-refractivity contribution in [3.8, 4) is 0 Å². The first kappa shape index (κ1) is 16.9. The van der Waals surface area contributed by atoms with Gasteiger partial charge in [0.05, 0.1) is 11.2 Å². The highest BCUT2D eigenvalue weighted by atomic mass is 16.2. The minimum Gasteiger partial charge on any atom is -0.345 e. The molecule has 0 aliphatic heterocycles.